The lowest BCUT2D eigenvalue weighted by Gasteiger charge is -2.47. The van der Waals surface area contributed by atoms with E-state index in [0.29, 0.717) is 50.5 Å². The Hall–Kier alpha value is -3.92. The second kappa shape index (κ2) is 23.1. The average molecular weight is 935 g/mol. The second-order valence-electron chi connectivity index (χ2n) is 20.1. The number of rotatable bonds is 9. The number of amides is 1. The van der Waals surface area contributed by atoms with Crippen LogP contribution in [0.5, 0.6) is 5.75 Å². The summed E-state index contributed by atoms with van der Waals surface area (Å²) in [6, 6.07) is 7.09. The number of cyclic esters (lactones) is 1. The van der Waals surface area contributed by atoms with E-state index >= 15 is 0 Å². The molecular formula is C53H78N2O12. The van der Waals surface area contributed by atoms with Gasteiger partial charge in [0, 0.05) is 75.7 Å². The summed E-state index contributed by atoms with van der Waals surface area (Å²) in [6.45, 7) is 14.4. The minimum atomic E-state index is -2.51. The third kappa shape index (κ3) is 11.9. The van der Waals surface area contributed by atoms with E-state index in [2.05, 4.69) is 48.9 Å². The van der Waals surface area contributed by atoms with Crippen LogP contribution in [0.2, 0.25) is 0 Å². The van der Waals surface area contributed by atoms with Gasteiger partial charge in [-0.2, -0.15) is 0 Å². The first-order valence-electron chi connectivity index (χ1n) is 24.8. The molecule has 14 atom stereocenters. The van der Waals surface area contributed by atoms with Crippen molar-refractivity contribution < 1.29 is 57.8 Å². The first-order valence-corrected chi connectivity index (χ1v) is 24.8. The third-order valence-corrected chi connectivity index (χ3v) is 15.2. The van der Waals surface area contributed by atoms with Gasteiger partial charge in [0.2, 0.25) is 5.79 Å². The van der Waals surface area contributed by atoms with Crippen LogP contribution in [0.4, 0.5) is 0 Å². The van der Waals surface area contributed by atoms with E-state index in [4.69, 9.17) is 28.4 Å². The number of piperidine rings is 1. The normalized spacial score (nSPS) is 36.7. The van der Waals surface area contributed by atoms with Crippen molar-refractivity contribution in [1.29, 1.82) is 0 Å². The number of aliphatic hydroxyl groups excluding tert-OH is 1. The van der Waals surface area contributed by atoms with Gasteiger partial charge in [0.25, 0.3) is 11.7 Å². The maximum Gasteiger partial charge on any atom is 0.329 e. The van der Waals surface area contributed by atoms with Crippen molar-refractivity contribution >= 4 is 34.3 Å². The van der Waals surface area contributed by atoms with Gasteiger partial charge in [0.15, 0.2) is 0 Å². The fourth-order valence-electron chi connectivity index (χ4n) is 11.2. The third-order valence-electron chi connectivity index (χ3n) is 15.2. The monoisotopic (exact) mass is 935 g/mol. The first-order chi connectivity index (χ1) is 32.0. The number of allylic oxidation sites excluding steroid dienone is 3. The average Bonchev–Trinajstić information content (AvgIpc) is 3.74. The van der Waals surface area contributed by atoms with Gasteiger partial charge in [-0.15, -0.1) is 0 Å². The van der Waals surface area contributed by atoms with Gasteiger partial charge in [0.05, 0.1) is 24.4 Å². The number of ether oxygens (including phenoxy) is 6. The standard InChI is InChI=1S/C53H78N2O12/c1-11-37-24-31(3)23-32(4)25-46(63-9)49-47(64-10)27-34(6)53(61,67-49)50(58)51(59)55-21-14-13-15-41(55)52(60)66-48(35(7)42(56)30-43(37)57)33(5)26-36-16-19-44(45(28-36)62-8)65-39-17-18-40-38(29-39)20-22-54(40)12-2/h17-18,20,22,24,26,29,32,34-37,41-42,44-49,56,61H,11-16,19,21,23,25,27-28,30H2,1-10H3/b31-24-,33-26+/t32-,34+,35+,36-,37+,41-,42-,44+,45+,46-,47-,48+,49?,53+/m0/s1. The molecule has 1 saturated carbocycles. The summed E-state index contributed by atoms with van der Waals surface area (Å²) >= 11 is 0. The lowest BCUT2D eigenvalue weighted by molar-refractivity contribution is -0.302. The molecule has 67 heavy (non-hydrogen) atoms. The molecule has 1 aromatic heterocycles. The number of nitrogens with zero attached hydrogens (tertiary/aromatic N) is 2. The van der Waals surface area contributed by atoms with Crippen LogP contribution in [-0.2, 0) is 49.4 Å². The molecule has 4 aliphatic rings. The summed E-state index contributed by atoms with van der Waals surface area (Å²) in [7, 11) is 4.77. The number of Topliss-reactive ketones (excluding diaryl/α,β-unsaturated/α-hetero) is 2. The number of ketones is 2. The minimum Gasteiger partial charge on any atom is -0.488 e. The number of aliphatic hydroxyl groups is 2. The summed E-state index contributed by atoms with van der Waals surface area (Å²) in [5.41, 5.74) is 2.85. The molecule has 2 bridgehead atoms. The molecule has 3 fully saturated rings. The fourth-order valence-corrected chi connectivity index (χ4v) is 11.2. The van der Waals surface area contributed by atoms with Crippen molar-refractivity contribution in [1.82, 2.24) is 9.47 Å². The van der Waals surface area contributed by atoms with Crippen LogP contribution in [0.25, 0.3) is 10.9 Å². The molecule has 0 radical (unpaired) electrons. The van der Waals surface area contributed by atoms with Crippen LogP contribution in [0.3, 0.4) is 0 Å². The number of carbonyl (C=O) groups is 4. The zero-order valence-electron chi connectivity index (χ0n) is 41.6. The van der Waals surface area contributed by atoms with Crippen molar-refractivity contribution in [2.45, 2.75) is 180 Å². The number of fused-ring (bicyclic) bond motifs is 4. The van der Waals surface area contributed by atoms with E-state index in [0.717, 1.165) is 35.2 Å². The molecular weight excluding hydrogens is 857 g/mol. The Morgan fingerprint density at radius 3 is 2.30 bits per heavy atom. The number of methoxy groups -OCH3 is 3. The highest BCUT2D eigenvalue weighted by Gasteiger charge is 2.56. The molecule has 6 rings (SSSR count). The largest absolute Gasteiger partial charge is 0.488 e. The van der Waals surface area contributed by atoms with Crippen molar-refractivity contribution in [3.8, 4) is 5.75 Å². The van der Waals surface area contributed by atoms with Crippen molar-refractivity contribution in [3.63, 3.8) is 0 Å². The smallest absolute Gasteiger partial charge is 0.329 e. The minimum absolute atomic E-state index is 0.0171. The van der Waals surface area contributed by atoms with Crippen LogP contribution in [-0.4, -0.2) is 126 Å². The maximum absolute atomic E-state index is 14.6. The Bertz CT molecular complexity index is 2100. The number of hydrogen-bond donors (Lipinski definition) is 2. The predicted octanol–water partition coefficient (Wildman–Crippen LogP) is 7.53. The number of carbonyl (C=O) groups excluding carboxylic acids is 4. The summed E-state index contributed by atoms with van der Waals surface area (Å²) < 4.78 is 39.3. The number of aromatic nitrogens is 1. The Morgan fingerprint density at radius 2 is 1.61 bits per heavy atom. The van der Waals surface area contributed by atoms with Crippen LogP contribution in [0.1, 0.15) is 119 Å². The molecule has 3 aliphatic heterocycles. The zero-order chi connectivity index (χ0) is 48.7. The molecule has 1 unspecified atom stereocenters. The highest BCUT2D eigenvalue weighted by molar-refractivity contribution is 6.39. The van der Waals surface area contributed by atoms with Gasteiger partial charge in [-0.3, -0.25) is 14.4 Å². The lowest BCUT2D eigenvalue weighted by atomic mass is 9.81. The topological polar surface area (TPSA) is 172 Å². The van der Waals surface area contributed by atoms with Gasteiger partial charge in [-0.25, -0.2) is 4.79 Å². The van der Waals surface area contributed by atoms with Gasteiger partial charge in [-0.05, 0) is 127 Å². The van der Waals surface area contributed by atoms with E-state index in [-0.39, 0.29) is 55.6 Å². The van der Waals surface area contributed by atoms with E-state index in [1.54, 1.807) is 35.2 Å². The summed E-state index contributed by atoms with van der Waals surface area (Å²) in [4.78, 5) is 58.6. The van der Waals surface area contributed by atoms with Gasteiger partial charge < -0.3 is 48.1 Å². The highest BCUT2D eigenvalue weighted by Crippen LogP contribution is 2.40. The quantitative estimate of drug-likeness (QED) is 0.144. The van der Waals surface area contributed by atoms with Gasteiger partial charge >= 0.3 is 5.97 Å². The molecule has 1 aliphatic carbocycles. The van der Waals surface area contributed by atoms with Gasteiger partial charge in [0.1, 0.15) is 35.9 Å². The van der Waals surface area contributed by atoms with Crippen molar-refractivity contribution in [2.75, 3.05) is 27.9 Å². The molecule has 4 heterocycles. The summed E-state index contributed by atoms with van der Waals surface area (Å²) in [5.74, 6) is -6.70. The Kier molecular flexibility index (Phi) is 18.1. The zero-order valence-corrected chi connectivity index (χ0v) is 41.6. The molecule has 2 saturated heterocycles. The number of hydrogen-bond acceptors (Lipinski definition) is 12. The summed E-state index contributed by atoms with van der Waals surface area (Å²) in [5, 5.41) is 25.1. The van der Waals surface area contributed by atoms with Crippen LogP contribution < -0.4 is 4.74 Å². The lowest BCUT2D eigenvalue weighted by Crippen LogP contribution is -2.64. The Morgan fingerprint density at radius 1 is 0.896 bits per heavy atom. The van der Waals surface area contributed by atoms with Crippen molar-refractivity contribution in [3.05, 3.63) is 53.8 Å². The molecule has 2 aromatic rings. The van der Waals surface area contributed by atoms with E-state index < -0.39 is 77.8 Å². The second-order valence-corrected chi connectivity index (χ2v) is 20.1. The molecule has 14 heteroatoms. The van der Waals surface area contributed by atoms with Gasteiger partial charge in [-0.1, -0.05) is 45.4 Å². The van der Waals surface area contributed by atoms with E-state index in [1.165, 1.54) is 4.90 Å². The SMILES string of the molecule is CC[C@@H]1/C=C(/C)C[C@H](C)C[C@H](OC)C2O[C@@](O)(C(=O)C(=O)N3CCCC[C@H]3C(=O)O[C@H](/C(C)=C/[C@@H]3CC[C@@H](Oc4ccc5c(ccn5CC)c4)[C@H](OC)C3)[C@H](C)[C@@H](O)CC1=O)[C@H](C)C[C@@H]2OC. The summed E-state index contributed by atoms with van der Waals surface area (Å²) in [6.07, 6.45) is 6.74. The molecule has 0 spiro atoms. The van der Waals surface area contributed by atoms with Crippen LogP contribution >= 0.6 is 0 Å². The number of esters is 1. The number of aryl methyl sites for hydroxylation is 1. The molecule has 1 amide bonds. The molecule has 2 N–H and O–H groups in total. The molecule has 372 valence electrons. The first kappa shape index (κ1) is 52.5. The van der Waals surface area contributed by atoms with Crippen LogP contribution in [0, 0.1) is 29.6 Å². The predicted molar refractivity (Wildman–Crippen MR) is 254 cm³/mol. The van der Waals surface area contributed by atoms with E-state index in [1.807, 2.05) is 32.9 Å². The maximum atomic E-state index is 14.6. The van der Waals surface area contributed by atoms with Crippen molar-refractivity contribution in [2.24, 2.45) is 29.6 Å². The Labute approximate surface area is 397 Å². The van der Waals surface area contributed by atoms with E-state index in [9.17, 15) is 29.4 Å². The fraction of sp³-hybridized carbons (Fsp3) is 0.698. The highest BCUT2D eigenvalue weighted by atomic mass is 16.7. The van der Waals surface area contributed by atoms with Crippen LogP contribution in [0.15, 0.2) is 53.8 Å². The molecule has 1 aromatic carbocycles. The number of benzene rings is 1. The molecule has 14 nitrogen and oxygen atoms in total. The Balaban J connectivity index is 1.30.